The Bertz CT molecular complexity index is 1050. The summed E-state index contributed by atoms with van der Waals surface area (Å²) in [6.45, 7) is 0.127. The highest BCUT2D eigenvalue weighted by atomic mass is 16.4. The number of carbonyl (C=O) groups is 1. The third kappa shape index (κ3) is 2.85. The molecule has 1 aromatic carbocycles. The lowest BCUT2D eigenvalue weighted by Gasteiger charge is -2.02. The van der Waals surface area contributed by atoms with E-state index < -0.39 is 0 Å². The summed E-state index contributed by atoms with van der Waals surface area (Å²) >= 11 is 0. The molecule has 0 bridgehead atoms. The number of amides is 1. The van der Waals surface area contributed by atoms with E-state index in [1.807, 2.05) is 30.3 Å². The Morgan fingerprint density at radius 3 is 2.88 bits per heavy atom. The van der Waals surface area contributed by atoms with Gasteiger partial charge in [0.05, 0.1) is 6.54 Å². The number of hydrogen-bond acceptors (Lipinski definition) is 6. The van der Waals surface area contributed by atoms with Crippen LogP contribution in [0.15, 0.2) is 53.2 Å². The van der Waals surface area contributed by atoms with E-state index >= 15 is 0 Å². The molecule has 0 aliphatic heterocycles. The molecule has 0 aliphatic carbocycles. The summed E-state index contributed by atoms with van der Waals surface area (Å²) in [7, 11) is 1.70. The lowest BCUT2D eigenvalue weighted by Crippen LogP contribution is -2.25. The number of aromatic nitrogens is 5. The molecule has 0 spiro atoms. The van der Waals surface area contributed by atoms with Crippen LogP contribution in [0.1, 0.15) is 16.4 Å². The predicted octanol–water partition coefficient (Wildman–Crippen LogP) is 1.95. The van der Waals surface area contributed by atoms with Crippen LogP contribution in [-0.2, 0) is 13.6 Å². The van der Waals surface area contributed by atoms with Gasteiger partial charge < -0.3 is 9.73 Å². The second-order valence-corrected chi connectivity index (χ2v) is 5.40. The molecule has 0 saturated heterocycles. The molecule has 0 unspecified atom stereocenters. The number of aryl methyl sites for hydroxylation is 1. The van der Waals surface area contributed by atoms with Gasteiger partial charge in [0.1, 0.15) is 11.4 Å². The summed E-state index contributed by atoms with van der Waals surface area (Å²) in [6.07, 6.45) is 3.26. The molecular weight excluding hydrogens is 320 g/mol. The van der Waals surface area contributed by atoms with Crippen molar-refractivity contribution in [2.75, 3.05) is 0 Å². The van der Waals surface area contributed by atoms with E-state index in [2.05, 4.69) is 25.6 Å². The maximum absolute atomic E-state index is 12.1. The van der Waals surface area contributed by atoms with Crippen molar-refractivity contribution in [3.05, 3.63) is 60.4 Å². The molecule has 8 nitrogen and oxygen atoms in total. The highest BCUT2D eigenvalue weighted by molar-refractivity contribution is 5.93. The highest BCUT2D eigenvalue weighted by Crippen LogP contribution is 2.25. The second-order valence-electron chi connectivity index (χ2n) is 5.40. The molecule has 0 radical (unpaired) electrons. The van der Waals surface area contributed by atoms with Crippen molar-refractivity contribution in [1.29, 1.82) is 0 Å². The maximum atomic E-state index is 12.1. The number of benzene rings is 1. The van der Waals surface area contributed by atoms with Gasteiger partial charge in [-0.05, 0) is 17.5 Å². The lowest BCUT2D eigenvalue weighted by molar-refractivity contribution is 0.0938. The van der Waals surface area contributed by atoms with Gasteiger partial charge in [0, 0.05) is 24.8 Å². The zero-order chi connectivity index (χ0) is 17.2. The number of nitrogens with zero attached hydrogens (tertiary/aromatic N) is 5. The number of pyridine rings is 1. The molecule has 0 saturated carbocycles. The minimum Gasteiger partial charge on any atom is -0.417 e. The lowest BCUT2D eigenvalue weighted by atomic mass is 10.1. The zero-order valence-electron chi connectivity index (χ0n) is 13.4. The van der Waals surface area contributed by atoms with Crippen molar-refractivity contribution in [1.82, 2.24) is 30.3 Å². The average Bonchev–Trinajstić information content (AvgIpc) is 3.28. The van der Waals surface area contributed by atoms with Crippen LogP contribution in [0.4, 0.5) is 0 Å². The molecule has 3 aromatic heterocycles. The Hall–Kier alpha value is -3.55. The minimum absolute atomic E-state index is 0.127. The summed E-state index contributed by atoms with van der Waals surface area (Å²) in [6, 6.07) is 11.4. The van der Waals surface area contributed by atoms with E-state index in [1.54, 1.807) is 25.5 Å². The molecule has 124 valence electrons. The molecule has 1 N–H and O–H groups in total. The number of rotatable bonds is 4. The van der Waals surface area contributed by atoms with Crippen molar-refractivity contribution in [3.8, 4) is 11.6 Å². The Kier molecular flexibility index (Phi) is 3.70. The molecule has 3 heterocycles. The first-order chi connectivity index (χ1) is 12.2. The molecular formula is C17H14N6O2. The second kappa shape index (κ2) is 6.16. The summed E-state index contributed by atoms with van der Waals surface area (Å²) in [5, 5.41) is 16.7. The molecule has 0 fully saturated rings. The molecule has 0 atom stereocenters. The maximum Gasteiger partial charge on any atom is 0.269 e. The fraction of sp³-hybridized carbons (Fsp3) is 0.118. The molecule has 0 aliphatic rings. The van der Waals surface area contributed by atoms with E-state index in [4.69, 9.17) is 4.42 Å². The van der Waals surface area contributed by atoms with E-state index in [-0.39, 0.29) is 12.5 Å². The van der Waals surface area contributed by atoms with Crippen molar-refractivity contribution in [3.63, 3.8) is 0 Å². The Morgan fingerprint density at radius 2 is 2.04 bits per heavy atom. The van der Waals surface area contributed by atoms with Gasteiger partial charge in [-0.3, -0.25) is 14.5 Å². The van der Waals surface area contributed by atoms with Crippen LogP contribution in [0.2, 0.25) is 0 Å². The smallest absolute Gasteiger partial charge is 0.269 e. The van der Waals surface area contributed by atoms with Crippen LogP contribution in [-0.4, -0.2) is 30.9 Å². The normalized spacial score (nSPS) is 10.9. The molecule has 4 rings (SSSR count). The number of hydrogen-bond donors (Lipinski definition) is 1. The van der Waals surface area contributed by atoms with Crippen LogP contribution >= 0.6 is 0 Å². The van der Waals surface area contributed by atoms with Crippen molar-refractivity contribution in [2.45, 2.75) is 6.54 Å². The van der Waals surface area contributed by atoms with Crippen LogP contribution < -0.4 is 5.32 Å². The van der Waals surface area contributed by atoms with Gasteiger partial charge in [-0.2, -0.15) is 5.10 Å². The third-order valence-electron chi connectivity index (χ3n) is 3.80. The Morgan fingerprint density at radius 1 is 1.16 bits per heavy atom. The highest BCUT2D eigenvalue weighted by Gasteiger charge is 2.15. The first-order valence-electron chi connectivity index (χ1n) is 7.65. The van der Waals surface area contributed by atoms with Crippen molar-refractivity contribution in [2.24, 2.45) is 7.05 Å². The van der Waals surface area contributed by atoms with Crippen LogP contribution in [0, 0.1) is 0 Å². The molecule has 25 heavy (non-hydrogen) atoms. The summed E-state index contributed by atoms with van der Waals surface area (Å²) in [4.78, 5) is 16.4. The van der Waals surface area contributed by atoms with Crippen LogP contribution in [0.25, 0.3) is 22.4 Å². The molecule has 4 aromatic rings. The van der Waals surface area contributed by atoms with E-state index in [1.165, 1.54) is 4.68 Å². The summed E-state index contributed by atoms with van der Waals surface area (Å²) < 4.78 is 7.15. The molecule has 1 amide bonds. The first-order valence-corrected chi connectivity index (χ1v) is 7.65. The van der Waals surface area contributed by atoms with Crippen molar-refractivity contribution < 1.29 is 9.21 Å². The molecule has 8 heteroatoms. The number of carbonyl (C=O) groups excluding carboxylic acids is 1. The van der Waals surface area contributed by atoms with Gasteiger partial charge >= 0.3 is 0 Å². The largest absolute Gasteiger partial charge is 0.417 e. The topological polar surface area (TPSA) is 98.7 Å². The van der Waals surface area contributed by atoms with Gasteiger partial charge in [-0.15, -0.1) is 10.2 Å². The van der Waals surface area contributed by atoms with Gasteiger partial charge in [0.2, 0.25) is 5.89 Å². The zero-order valence-corrected chi connectivity index (χ0v) is 13.4. The number of nitrogens with one attached hydrogen (secondary N) is 1. The fourth-order valence-corrected chi connectivity index (χ4v) is 2.55. The van der Waals surface area contributed by atoms with Crippen LogP contribution in [0.5, 0.6) is 0 Å². The van der Waals surface area contributed by atoms with E-state index in [0.717, 1.165) is 10.8 Å². The number of fused-ring (bicyclic) bond motifs is 1. The quantitative estimate of drug-likeness (QED) is 0.612. The van der Waals surface area contributed by atoms with Gasteiger partial charge in [0.25, 0.3) is 11.8 Å². The Balaban J connectivity index is 1.54. The van der Waals surface area contributed by atoms with Crippen molar-refractivity contribution >= 4 is 16.7 Å². The SMILES string of the molecule is Cn1nccc1C(=O)NCc1nnc(-c2nccc3ccccc23)o1. The van der Waals surface area contributed by atoms with Gasteiger partial charge in [-0.25, -0.2) is 0 Å². The first kappa shape index (κ1) is 15.0. The van der Waals surface area contributed by atoms with E-state index in [9.17, 15) is 4.79 Å². The summed E-state index contributed by atoms with van der Waals surface area (Å²) in [5.74, 6) is 0.366. The van der Waals surface area contributed by atoms with Gasteiger partial charge in [0.15, 0.2) is 0 Å². The van der Waals surface area contributed by atoms with Crippen LogP contribution in [0.3, 0.4) is 0 Å². The van der Waals surface area contributed by atoms with E-state index in [0.29, 0.717) is 23.2 Å². The minimum atomic E-state index is -0.261. The van der Waals surface area contributed by atoms with Gasteiger partial charge in [-0.1, -0.05) is 24.3 Å². The third-order valence-corrected chi connectivity index (χ3v) is 3.80. The predicted molar refractivity (Wildman–Crippen MR) is 89.4 cm³/mol. The Labute approximate surface area is 142 Å². The standard InChI is InChI=1S/C17H14N6O2/c1-23-13(7-9-20-23)16(24)19-10-14-21-22-17(25-14)15-12-5-3-2-4-11(12)6-8-18-15/h2-9H,10H2,1H3,(H,19,24). The average molecular weight is 334 g/mol. The monoisotopic (exact) mass is 334 g/mol. The fourth-order valence-electron chi connectivity index (χ4n) is 2.55. The summed E-state index contributed by atoms with van der Waals surface area (Å²) in [5.41, 5.74) is 1.07.